The molecule has 130 valence electrons. The Morgan fingerprint density at radius 3 is 2.40 bits per heavy atom. The number of benzene rings is 2. The number of hydrogen-bond donors (Lipinski definition) is 4. The number of rotatable bonds is 4. The molecule has 0 saturated carbocycles. The van der Waals surface area contributed by atoms with Crippen LogP contribution in [-0.4, -0.2) is 29.0 Å². The molecule has 0 aliphatic carbocycles. The van der Waals surface area contributed by atoms with E-state index >= 15 is 0 Å². The van der Waals surface area contributed by atoms with Crippen LogP contribution in [0.15, 0.2) is 39.5 Å². The van der Waals surface area contributed by atoms with Crippen molar-refractivity contribution in [2.24, 2.45) is 5.73 Å². The molecule has 0 amide bonds. The summed E-state index contributed by atoms with van der Waals surface area (Å²) in [7, 11) is 1.52. The molecular formula is C18H17NO6. The second-order valence-corrected chi connectivity index (χ2v) is 5.47. The summed E-state index contributed by atoms with van der Waals surface area (Å²) in [6.07, 6.45) is 0.235. The first-order valence-corrected chi connectivity index (χ1v) is 7.56. The van der Waals surface area contributed by atoms with Gasteiger partial charge in [-0.1, -0.05) is 0 Å². The van der Waals surface area contributed by atoms with Crippen LogP contribution >= 0.6 is 0 Å². The zero-order valence-corrected chi connectivity index (χ0v) is 13.4. The predicted molar refractivity (Wildman–Crippen MR) is 92.2 cm³/mol. The lowest BCUT2D eigenvalue weighted by Crippen LogP contribution is -2.08. The molecule has 0 unspecified atom stereocenters. The van der Waals surface area contributed by atoms with Crippen LogP contribution < -0.4 is 15.9 Å². The fraction of sp³-hybridized carbons (Fsp3) is 0.167. The van der Waals surface area contributed by atoms with Crippen LogP contribution in [0.3, 0.4) is 0 Å². The first kappa shape index (κ1) is 16.7. The van der Waals surface area contributed by atoms with Crippen molar-refractivity contribution in [1.82, 2.24) is 0 Å². The summed E-state index contributed by atoms with van der Waals surface area (Å²) in [5.74, 6) is -0.796. The highest BCUT2D eigenvalue weighted by molar-refractivity contribution is 5.91. The topological polar surface area (TPSA) is 126 Å². The Morgan fingerprint density at radius 2 is 1.80 bits per heavy atom. The summed E-state index contributed by atoms with van der Waals surface area (Å²) in [6.45, 7) is 0.204. The lowest BCUT2D eigenvalue weighted by atomic mass is 10.0. The zero-order valence-electron chi connectivity index (χ0n) is 13.4. The third-order valence-corrected chi connectivity index (χ3v) is 3.95. The van der Waals surface area contributed by atoms with Gasteiger partial charge in [0.1, 0.15) is 28.2 Å². The Kier molecular flexibility index (Phi) is 4.24. The molecule has 0 atom stereocenters. The van der Waals surface area contributed by atoms with Gasteiger partial charge in [-0.05, 0) is 37.2 Å². The van der Waals surface area contributed by atoms with Gasteiger partial charge >= 0.3 is 0 Å². The number of ether oxygens (including phenoxy) is 1. The Bertz CT molecular complexity index is 991. The second-order valence-electron chi connectivity index (χ2n) is 5.47. The largest absolute Gasteiger partial charge is 0.507 e. The summed E-state index contributed by atoms with van der Waals surface area (Å²) in [5, 5.41) is 30.1. The highest BCUT2D eigenvalue weighted by atomic mass is 16.5. The van der Waals surface area contributed by atoms with Crippen LogP contribution in [0.5, 0.6) is 23.0 Å². The van der Waals surface area contributed by atoms with Crippen molar-refractivity contribution in [1.29, 1.82) is 0 Å². The second kappa shape index (κ2) is 6.37. The molecule has 1 aromatic heterocycles. The van der Waals surface area contributed by atoms with Gasteiger partial charge in [-0.15, -0.1) is 0 Å². The van der Waals surface area contributed by atoms with Crippen LogP contribution in [0.4, 0.5) is 0 Å². The summed E-state index contributed by atoms with van der Waals surface area (Å²) >= 11 is 0. The number of nitrogens with two attached hydrogens (primary N) is 1. The standard InChI is InChI=1S/C18H17NO6/c1-24-10-4-2-9(3-5-10)17-16(23)15(22)14-13(21)8-12(20)11(6-7-19)18(14)25-17/h2-5,8,20-21,23H,6-7,19H2,1H3. The molecule has 3 rings (SSSR count). The maximum atomic E-state index is 12.5. The Morgan fingerprint density at radius 1 is 1.12 bits per heavy atom. The molecule has 0 radical (unpaired) electrons. The molecule has 0 bridgehead atoms. The van der Waals surface area contributed by atoms with Gasteiger partial charge in [0, 0.05) is 17.2 Å². The van der Waals surface area contributed by atoms with Gasteiger partial charge in [0.25, 0.3) is 0 Å². The van der Waals surface area contributed by atoms with Gasteiger partial charge < -0.3 is 30.2 Å². The van der Waals surface area contributed by atoms with Crippen LogP contribution in [0.1, 0.15) is 5.56 Å². The van der Waals surface area contributed by atoms with Gasteiger partial charge in [-0.2, -0.15) is 0 Å². The average molecular weight is 343 g/mol. The van der Waals surface area contributed by atoms with Gasteiger partial charge in [0.05, 0.1) is 7.11 Å². The maximum absolute atomic E-state index is 12.5. The Labute approximate surface area is 142 Å². The molecule has 0 spiro atoms. The first-order valence-electron chi connectivity index (χ1n) is 7.56. The van der Waals surface area contributed by atoms with Crippen LogP contribution in [-0.2, 0) is 6.42 Å². The van der Waals surface area contributed by atoms with Gasteiger partial charge in [-0.3, -0.25) is 4.79 Å². The third kappa shape index (κ3) is 2.74. The molecule has 0 aliphatic rings. The number of phenolic OH excluding ortho intramolecular Hbond substituents is 2. The lowest BCUT2D eigenvalue weighted by molar-refractivity contribution is 0.414. The van der Waals surface area contributed by atoms with Gasteiger partial charge in [0.2, 0.25) is 11.2 Å². The van der Waals surface area contributed by atoms with E-state index in [1.807, 2.05) is 0 Å². The van der Waals surface area contributed by atoms with E-state index in [1.165, 1.54) is 7.11 Å². The normalized spacial score (nSPS) is 11.0. The first-order chi connectivity index (χ1) is 12.0. The van der Waals surface area contributed by atoms with Crippen molar-refractivity contribution in [2.45, 2.75) is 6.42 Å². The molecular weight excluding hydrogens is 326 g/mol. The summed E-state index contributed by atoms with van der Waals surface area (Å²) in [6, 6.07) is 7.58. The third-order valence-electron chi connectivity index (χ3n) is 3.95. The molecule has 2 aromatic carbocycles. The number of methoxy groups -OCH3 is 1. The maximum Gasteiger partial charge on any atom is 0.238 e. The molecule has 1 heterocycles. The van der Waals surface area contributed by atoms with E-state index in [2.05, 4.69) is 0 Å². The molecule has 7 nitrogen and oxygen atoms in total. The smallest absolute Gasteiger partial charge is 0.238 e. The molecule has 25 heavy (non-hydrogen) atoms. The van der Waals surface area contributed by atoms with Crippen molar-refractivity contribution in [3.05, 3.63) is 46.1 Å². The van der Waals surface area contributed by atoms with E-state index < -0.39 is 16.9 Å². The van der Waals surface area contributed by atoms with Crippen molar-refractivity contribution in [3.8, 4) is 34.3 Å². The summed E-state index contributed by atoms with van der Waals surface area (Å²) in [5.41, 5.74) is 5.50. The Hall–Kier alpha value is -3.19. The minimum absolute atomic E-state index is 0.00318. The Balaban J connectivity index is 2.35. The minimum atomic E-state index is -0.789. The van der Waals surface area contributed by atoms with E-state index in [0.717, 1.165) is 6.07 Å². The molecule has 0 saturated heterocycles. The van der Waals surface area contributed by atoms with E-state index in [4.69, 9.17) is 14.9 Å². The quantitative estimate of drug-likeness (QED) is 0.571. The molecule has 3 aromatic rings. The van der Waals surface area contributed by atoms with Crippen LogP contribution in [0.25, 0.3) is 22.3 Å². The van der Waals surface area contributed by atoms with Crippen LogP contribution in [0, 0.1) is 0 Å². The van der Waals surface area contributed by atoms with Gasteiger partial charge in [-0.25, -0.2) is 0 Å². The summed E-state index contributed by atoms with van der Waals surface area (Å²) < 4.78 is 10.8. The fourth-order valence-corrected chi connectivity index (χ4v) is 2.70. The van der Waals surface area contributed by atoms with E-state index in [1.54, 1.807) is 24.3 Å². The van der Waals surface area contributed by atoms with E-state index in [9.17, 15) is 20.1 Å². The van der Waals surface area contributed by atoms with Crippen molar-refractivity contribution >= 4 is 11.0 Å². The highest BCUT2D eigenvalue weighted by Gasteiger charge is 2.22. The molecule has 0 fully saturated rings. The fourth-order valence-electron chi connectivity index (χ4n) is 2.70. The van der Waals surface area contributed by atoms with E-state index in [-0.39, 0.29) is 35.4 Å². The number of fused-ring (bicyclic) bond motifs is 1. The van der Waals surface area contributed by atoms with Crippen molar-refractivity contribution < 1.29 is 24.5 Å². The minimum Gasteiger partial charge on any atom is -0.507 e. The van der Waals surface area contributed by atoms with Gasteiger partial charge in [0.15, 0.2) is 5.76 Å². The molecule has 7 heteroatoms. The van der Waals surface area contributed by atoms with Crippen molar-refractivity contribution in [3.63, 3.8) is 0 Å². The highest BCUT2D eigenvalue weighted by Crippen LogP contribution is 2.38. The predicted octanol–water partition coefficient (Wildman–Crippen LogP) is 2.09. The average Bonchev–Trinajstić information content (AvgIpc) is 2.61. The SMILES string of the molecule is COc1ccc(-c2oc3c(CCN)c(O)cc(O)c3c(=O)c2O)cc1. The molecule has 0 aliphatic heterocycles. The van der Waals surface area contributed by atoms with Crippen molar-refractivity contribution in [2.75, 3.05) is 13.7 Å². The zero-order chi connectivity index (χ0) is 18.1. The number of hydrogen-bond acceptors (Lipinski definition) is 7. The van der Waals surface area contributed by atoms with Crippen LogP contribution in [0.2, 0.25) is 0 Å². The monoisotopic (exact) mass is 343 g/mol. The summed E-state index contributed by atoms with van der Waals surface area (Å²) in [4.78, 5) is 12.5. The molecule has 5 N–H and O–H groups in total. The number of phenols is 2. The number of aromatic hydroxyl groups is 3. The lowest BCUT2D eigenvalue weighted by Gasteiger charge is -2.12. The van der Waals surface area contributed by atoms with E-state index in [0.29, 0.717) is 16.9 Å².